The number of carbonyl (C=O) groups is 2. The van der Waals surface area contributed by atoms with Crippen molar-refractivity contribution in [1.82, 2.24) is 4.57 Å². The Balaban J connectivity index is 2.58. The molecular formula is C17H22N2O3S. The van der Waals surface area contributed by atoms with Gasteiger partial charge in [-0.3, -0.25) is 4.79 Å². The third-order valence-electron chi connectivity index (χ3n) is 3.35. The van der Waals surface area contributed by atoms with Crippen molar-refractivity contribution in [2.75, 3.05) is 6.61 Å². The fourth-order valence-electron chi connectivity index (χ4n) is 2.06. The zero-order valence-electron chi connectivity index (χ0n) is 14.2. The first-order chi connectivity index (χ1) is 10.8. The Kier molecular flexibility index (Phi) is 5.04. The van der Waals surface area contributed by atoms with Crippen LogP contribution in [-0.4, -0.2) is 23.1 Å². The standard InChI is InChI=1S/C17H22N2O3S/c1-6-19-12-9-8-11(14(20)22-7-2)10-13(12)23-16(19)18-15(21)17(3,4)5/h8-10H,6-7H2,1-5H3. The molecule has 0 saturated heterocycles. The van der Waals surface area contributed by atoms with Gasteiger partial charge in [0.15, 0.2) is 4.80 Å². The Morgan fingerprint density at radius 2 is 1.96 bits per heavy atom. The van der Waals surface area contributed by atoms with Crippen LogP contribution in [0.1, 0.15) is 45.0 Å². The predicted octanol–water partition coefficient (Wildman–Crippen LogP) is 3.37. The van der Waals surface area contributed by atoms with Gasteiger partial charge in [0.2, 0.25) is 0 Å². The van der Waals surface area contributed by atoms with E-state index in [1.54, 1.807) is 19.1 Å². The maximum atomic E-state index is 12.2. The van der Waals surface area contributed by atoms with Crippen molar-refractivity contribution in [3.63, 3.8) is 0 Å². The van der Waals surface area contributed by atoms with Crippen LogP contribution in [-0.2, 0) is 16.1 Å². The summed E-state index contributed by atoms with van der Waals surface area (Å²) in [6.07, 6.45) is 0. The molecule has 0 aliphatic carbocycles. The van der Waals surface area contributed by atoms with Crippen molar-refractivity contribution in [1.29, 1.82) is 0 Å². The molecule has 0 aliphatic rings. The highest BCUT2D eigenvalue weighted by molar-refractivity contribution is 7.16. The number of amides is 1. The van der Waals surface area contributed by atoms with Crippen LogP contribution in [0.5, 0.6) is 0 Å². The van der Waals surface area contributed by atoms with Crippen LogP contribution in [0, 0.1) is 5.41 Å². The minimum atomic E-state index is -0.516. The molecule has 1 aromatic heterocycles. The zero-order valence-corrected chi connectivity index (χ0v) is 15.0. The number of aromatic nitrogens is 1. The number of benzene rings is 1. The molecule has 6 heteroatoms. The third kappa shape index (κ3) is 3.69. The Morgan fingerprint density at radius 1 is 1.26 bits per heavy atom. The topological polar surface area (TPSA) is 60.7 Å². The molecule has 0 N–H and O–H groups in total. The molecule has 5 nitrogen and oxygen atoms in total. The van der Waals surface area contributed by atoms with E-state index in [1.165, 1.54) is 11.3 Å². The van der Waals surface area contributed by atoms with Crippen LogP contribution >= 0.6 is 11.3 Å². The maximum Gasteiger partial charge on any atom is 0.338 e. The van der Waals surface area contributed by atoms with Crippen molar-refractivity contribution in [3.8, 4) is 0 Å². The number of esters is 1. The number of fused-ring (bicyclic) bond motifs is 1. The molecule has 0 saturated carbocycles. The smallest absolute Gasteiger partial charge is 0.338 e. The number of hydrogen-bond acceptors (Lipinski definition) is 4. The van der Waals surface area contributed by atoms with Crippen LogP contribution in [0.15, 0.2) is 23.2 Å². The summed E-state index contributed by atoms with van der Waals surface area (Å²) >= 11 is 1.41. The summed E-state index contributed by atoms with van der Waals surface area (Å²) in [5.74, 6) is -0.494. The number of rotatable bonds is 3. The van der Waals surface area contributed by atoms with Crippen LogP contribution in [0.3, 0.4) is 0 Å². The average molecular weight is 334 g/mol. The van der Waals surface area contributed by atoms with E-state index in [4.69, 9.17) is 4.74 Å². The van der Waals surface area contributed by atoms with Crippen LogP contribution < -0.4 is 4.80 Å². The summed E-state index contributed by atoms with van der Waals surface area (Å²) in [4.78, 5) is 29.0. The fraction of sp³-hybridized carbons (Fsp3) is 0.471. The molecule has 0 atom stereocenters. The Morgan fingerprint density at radius 3 is 2.52 bits per heavy atom. The average Bonchev–Trinajstić information content (AvgIpc) is 2.82. The van der Waals surface area contributed by atoms with E-state index in [2.05, 4.69) is 4.99 Å². The fourth-order valence-corrected chi connectivity index (χ4v) is 3.19. The molecule has 0 fully saturated rings. The van der Waals surface area contributed by atoms with Gasteiger partial charge in [0, 0.05) is 12.0 Å². The van der Waals surface area contributed by atoms with Crippen LogP contribution in [0.2, 0.25) is 0 Å². The van der Waals surface area contributed by atoms with Gasteiger partial charge >= 0.3 is 5.97 Å². The first-order valence-electron chi connectivity index (χ1n) is 7.67. The second kappa shape index (κ2) is 6.66. The van der Waals surface area contributed by atoms with E-state index in [-0.39, 0.29) is 11.9 Å². The predicted molar refractivity (Wildman–Crippen MR) is 91.5 cm³/mol. The Labute approximate surface area is 139 Å². The van der Waals surface area contributed by atoms with E-state index in [1.807, 2.05) is 38.3 Å². The molecule has 124 valence electrons. The van der Waals surface area contributed by atoms with Gasteiger partial charge in [-0.25, -0.2) is 4.79 Å². The van der Waals surface area contributed by atoms with E-state index in [0.717, 1.165) is 10.2 Å². The van der Waals surface area contributed by atoms with Crippen LogP contribution in [0.4, 0.5) is 0 Å². The van der Waals surface area contributed by atoms with Gasteiger partial charge in [0.25, 0.3) is 5.91 Å². The summed E-state index contributed by atoms with van der Waals surface area (Å²) < 4.78 is 7.93. The minimum Gasteiger partial charge on any atom is -0.462 e. The molecule has 0 aliphatic heterocycles. The van der Waals surface area contributed by atoms with Gasteiger partial charge in [0.05, 0.1) is 22.4 Å². The zero-order chi connectivity index (χ0) is 17.2. The van der Waals surface area contributed by atoms with Gasteiger partial charge < -0.3 is 9.30 Å². The molecular weight excluding hydrogens is 312 g/mol. The van der Waals surface area contributed by atoms with Gasteiger partial charge in [-0.15, -0.1) is 0 Å². The van der Waals surface area contributed by atoms with Crippen molar-refractivity contribution >= 4 is 33.4 Å². The summed E-state index contributed by atoms with van der Waals surface area (Å²) in [7, 11) is 0. The number of nitrogens with zero attached hydrogens (tertiary/aromatic N) is 2. The van der Waals surface area contributed by atoms with E-state index < -0.39 is 5.41 Å². The van der Waals surface area contributed by atoms with E-state index in [0.29, 0.717) is 23.5 Å². The summed E-state index contributed by atoms with van der Waals surface area (Å²) in [6.45, 7) is 10.4. The van der Waals surface area contributed by atoms with Crippen LogP contribution in [0.25, 0.3) is 10.2 Å². The largest absolute Gasteiger partial charge is 0.462 e. The quantitative estimate of drug-likeness (QED) is 0.809. The molecule has 1 heterocycles. The molecule has 1 aromatic carbocycles. The van der Waals surface area contributed by atoms with E-state index in [9.17, 15) is 9.59 Å². The number of thiazole rings is 1. The summed E-state index contributed by atoms with van der Waals surface area (Å²) in [5.41, 5.74) is 0.959. The highest BCUT2D eigenvalue weighted by Gasteiger charge is 2.21. The molecule has 23 heavy (non-hydrogen) atoms. The summed E-state index contributed by atoms with van der Waals surface area (Å²) in [6, 6.07) is 5.42. The molecule has 0 bridgehead atoms. The highest BCUT2D eigenvalue weighted by atomic mass is 32.1. The second-order valence-corrected chi connectivity index (χ2v) is 7.21. The lowest BCUT2D eigenvalue weighted by atomic mass is 9.96. The lowest BCUT2D eigenvalue weighted by Gasteiger charge is -2.11. The molecule has 0 spiro atoms. The number of hydrogen-bond donors (Lipinski definition) is 0. The van der Waals surface area contributed by atoms with Gasteiger partial charge in [-0.1, -0.05) is 32.1 Å². The van der Waals surface area contributed by atoms with Gasteiger partial charge in [0.1, 0.15) is 0 Å². The molecule has 1 amide bonds. The Hall–Kier alpha value is -1.95. The molecule has 2 aromatic rings. The van der Waals surface area contributed by atoms with Crippen molar-refractivity contribution < 1.29 is 14.3 Å². The first kappa shape index (κ1) is 17.4. The van der Waals surface area contributed by atoms with Crippen molar-refractivity contribution in [3.05, 3.63) is 28.6 Å². The molecule has 0 unspecified atom stereocenters. The number of ether oxygens (including phenoxy) is 1. The number of aryl methyl sites for hydroxylation is 1. The first-order valence-corrected chi connectivity index (χ1v) is 8.49. The lowest BCUT2D eigenvalue weighted by molar-refractivity contribution is -0.125. The second-order valence-electron chi connectivity index (χ2n) is 6.20. The van der Waals surface area contributed by atoms with Gasteiger partial charge in [-0.05, 0) is 32.0 Å². The monoisotopic (exact) mass is 334 g/mol. The van der Waals surface area contributed by atoms with Gasteiger partial charge in [-0.2, -0.15) is 4.99 Å². The highest BCUT2D eigenvalue weighted by Crippen LogP contribution is 2.21. The van der Waals surface area contributed by atoms with Crippen molar-refractivity contribution in [2.45, 2.75) is 41.2 Å². The number of carbonyl (C=O) groups excluding carboxylic acids is 2. The Bertz CT molecular complexity index is 809. The summed E-state index contributed by atoms with van der Waals surface area (Å²) in [5, 5.41) is 0. The minimum absolute atomic E-state index is 0.156. The lowest BCUT2D eigenvalue weighted by Crippen LogP contribution is -2.23. The molecule has 0 radical (unpaired) electrons. The maximum absolute atomic E-state index is 12.2. The molecule has 2 rings (SSSR count). The van der Waals surface area contributed by atoms with Crippen molar-refractivity contribution in [2.24, 2.45) is 10.4 Å². The third-order valence-corrected chi connectivity index (χ3v) is 4.39. The van der Waals surface area contributed by atoms with E-state index >= 15 is 0 Å². The SMILES string of the molecule is CCOC(=O)c1ccc2c(c1)sc(=NC(=O)C(C)(C)C)n2CC. The normalized spacial score (nSPS) is 12.7.